The molecule has 0 aliphatic rings. The number of aromatic nitrogens is 1. The minimum atomic E-state index is -0.372. The van der Waals surface area contributed by atoms with E-state index in [0.29, 0.717) is 20.6 Å². The molecule has 138 valence electrons. The van der Waals surface area contributed by atoms with Gasteiger partial charge in [-0.3, -0.25) is 4.79 Å². The number of hydrogen-bond donors (Lipinski definition) is 1. The SMILES string of the molecule is Cc1cc(/C=N\NC(=O)c2ccccc2Cl)c(C)n1-c1cccc(Cl)c1Cl. The van der Waals surface area contributed by atoms with Crippen molar-refractivity contribution in [2.24, 2.45) is 5.10 Å². The van der Waals surface area contributed by atoms with Crippen LogP contribution in [-0.2, 0) is 0 Å². The molecule has 0 unspecified atom stereocenters. The second-order valence-electron chi connectivity index (χ2n) is 5.91. The largest absolute Gasteiger partial charge is 0.316 e. The average Bonchev–Trinajstić information content (AvgIpc) is 2.91. The number of benzene rings is 2. The molecule has 27 heavy (non-hydrogen) atoms. The molecule has 0 fully saturated rings. The van der Waals surface area contributed by atoms with E-state index in [-0.39, 0.29) is 5.91 Å². The summed E-state index contributed by atoms with van der Waals surface area (Å²) in [4.78, 5) is 12.2. The molecule has 0 spiro atoms. The average molecular weight is 421 g/mol. The molecular formula is C20H16Cl3N3O. The van der Waals surface area contributed by atoms with Crippen molar-refractivity contribution in [1.82, 2.24) is 9.99 Å². The van der Waals surface area contributed by atoms with Gasteiger partial charge in [0.05, 0.1) is 32.5 Å². The number of carbonyl (C=O) groups excluding carboxylic acids is 1. The van der Waals surface area contributed by atoms with Gasteiger partial charge >= 0.3 is 0 Å². The van der Waals surface area contributed by atoms with Crippen LogP contribution >= 0.6 is 34.8 Å². The van der Waals surface area contributed by atoms with Crippen molar-refractivity contribution < 1.29 is 4.79 Å². The third-order valence-electron chi connectivity index (χ3n) is 4.13. The van der Waals surface area contributed by atoms with Crippen LogP contribution in [0, 0.1) is 13.8 Å². The van der Waals surface area contributed by atoms with Gasteiger partial charge in [-0.2, -0.15) is 5.10 Å². The standard InChI is InChI=1S/C20H16Cl3N3O/c1-12-10-14(11-24-25-20(27)15-6-3-4-7-16(15)21)13(2)26(12)18-9-5-8-17(22)19(18)23/h3-11H,1-2H3,(H,25,27)/b24-11-. The molecule has 1 N–H and O–H groups in total. The second kappa shape index (κ2) is 8.17. The molecule has 0 bridgehead atoms. The first-order valence-corrected chi connectivity index (χ1v) is 9.24. The summed E-state index contributed by atoms with van der Waals surface area (Å²) in [6, 6.07) is 14.2. The lowest BCUT2D eigenvalue weighted by molar-refractivity contribution is 0.0955. The van der Waals surface area contributed by atoms with E-state index in [1.165, 1.54) is 0 Å². The van der Waals surface area contributed by atoms with Gasteiger partial charge < -0.3 is 4.57 Å². The lowest BCUT2D eigenvalue weighted by Crippen LogP contribution is -2.18. The number of amides is 1. The maximum Gasteiger partial charge on any atom is 0.272 e. The summed E-state index contributed by atoms with van der Waals surface area (Å²) in [5.41, 5.74) is 6.39. The van der Waals surface area contributed by atoms with Crippen molar-refractivity contribution in [2.75, 3.05) is 0 Å². The van der Waals surface area contributed by atoms with Gasteiger partial charge in [0, 0.05) is 17.0 Å². The molecule has 0 saturated carbocycles. The predicted molar refractivity (Wildman–Crippen MR) is 112 cm³/mol. The molecule has 1 aromatic heterocycles. The van der Waals surface area contributed by atoms with E-state index in [4.69, 9.17) is 34.8 Å². The number of hydrogen-bond acceptors (Lipinski definition) is 2. The predicted octanol–water partition coefficient (Wildman–Crippen LogP) is 5.82. The van der Waals surface area contributed by atoms with Crippen LogP contribution in [0.1, 0.15) is 27.3 Å². The third kappa shape index (κ3) is 4.03. The topological polar surface area (TPSA) is 46.4 Å². The fourth-order valence-corrected chi connectivity index (χ4v) is 3.42. The molecule has 2 aromatic carbocycles. The van der Waals surface area contributed by atoms with E-state index in [1.807, 2.05) is 36.6 Å². The van der Waals surface area contributed by atoms with Crippen LogP contribution in [0.2, 0.25) is 15.1 Å². The van der Waals surface area contributed by atoms with Gasteiger partial charge in [-0.25, -0.2) is 5.43 Å². The first kappa shape index (κ1) is 19.5. The van der Waals surface area contributed by atoms with E-state index in [2.05, 4.69) is 10.5 Å². The van der Waals surface area contributed by atoms with E-state index < -0.39 is 0 Å². The maximum absolute atomic E-state index is 12.2. The summed E-state index contributed by atoms with van der Waals surface area (Å²) in [7, 11) is 0. The van der Waals surface area contributed by atoms with E-state index in [9.17, 15) is 4.79 Å². The zero-order chi connectivity index (χ0) is 19.6. The first-order valence-electron chi connectivity index (χ1n) is 8.11. The van der Waals surface area contributed by atoms with E-state index in [0.717, 1.165) is 22.6 Å². The smallest absolute Gasteiger partial charge is 0.272 e. The van der Waals surface area contributed by atoms with Crippen LogP contribution in [0.15, 0.2) is 53.6 Å². The molecule has 0 radical (unpaired) electrons. The van der Waals surface area contributed by atoms with Crippen LogP contribution < -0.4 is 5.43 Å². The van der Waals surface area contributed by atoms with Gasteiger partial charge in [0.15, 0.2) is 0 Å². The van der Waals surface area contributed by atoms with E-state index >= 15 is 0 Å². The highest BCUT2D eigenvalue weighted by atomic mass is 35.5. The monoisotopic (exact) mass is 419 g/mol. The Bertz CT molecular complexity index is 1040. The molecular weight excluding hydrogens is 405 g/mol. The third-order valence-corrected chi connectivity index (χ3v) is 5.27. The molecule has 0 aliphatic heterocycles. The summed E-state index contributed by atoms with van der Waals surface area (Å²) < 4.78 is 1.99. The highest BCUT2D eigenvalue weighted by molar-refractivity contribution is 6.43. The van der Waals surface area contributed by atoms with Crippen LogP contribution in [0.4, 0.5) is 0 Å². The molecule has 0 atom stereocenters. The van der Waals surface area contributed by atoms with Crippen molar-refractivity contribution in [3.63, 3.8) is 0 Å². The Morgan fingerprint density at radius 2 is 1.74 bits per heavy atom. The maximum atomic E-state index is 12.2. The number of halogens is 3. The van der Waals surface area contributed by atoms with Gasteiger partial charge in [-0.1, -0.05) is 53.0 Å². The Kier molecular flexibility index (Phi) is 5.90. The number of nitrogens with zero attached hydrogens (tertiary/aromatic N) is 2. The van der Waals surface area contributed by atoms with Crippen molar-refractivity contribution in [3.05, 3.63) is 86.1 Å². The van der Waals surface area contributed by atoms with Gasteiger partial charge in [0.25, 0.3) is 5.91 Å². The molecule has 7 heteroatoms. The van der Waals surface area contributed by atoms with Crippen molar-refractivity contribution in [1.29, 1.82) is 0 Å². The Balaban J connectivity index is 1.85. The molecule has 1 amide bonds. The Labute approximate surface area is 172 Å². The number of nitrogens with one attached hydrogen (secondary N) is 1. The fraction of sp³-hybridized carbons (Fsp3) is 0.100. The van der Waals surface area contributed by atoms with E-state index in [1.54, 1.807) is 36.5 Å². The van der Waals surface area contributed by atoms with Gasteiger partial charge in [-0.15, -0.1) is 0 Å². The summed E-state index contributed by atoms with van der Waals surface area (Å²) in [6.07, 6.45) is 1.59. The highest BCUT2D eigenvalue weighted by Gasteiger charge is 2.14. The van der Waals surface area contributed by atoms with Crippen LogP contribution in [0.5, 0.6) is 0 Å². The lowest BCUT2D eigenvalue weighted by atomic mass is 10.2. The van der Waals surface area contributed by atoms with Gasteiger partial charge in [-0.05, 0) is 44.2 Å². The number of aryl methyl sites for hydroxylation is 1. The normalized spacial score (nSPS) is 11.1. The van der Waals surface area contributed by atoms with Crippen molar-refractivity contribution in [3.8, 4) is 5.69 Å². The molecule has 0 saturated heterocycles. The van der Waals surface area contributed by atoms with Crippen LogP contribution in [0.25, 0.3) is 5.69 Å². The minimum Gasteiger partial charge on any atom is -0.316 e. The quantitative estimate of drug-likeness (QED) is 0.419. The van der Waals surface area contributed by atoms with Gasteiger partial charge in [0.2, 0.25) is 0 Å². The molecule has 0 aliphatic carbocycles. The van der Waals surface area contributed by atoms with Crippen LogP contribution in [0.3, 0.4) is 0 Å². The molecule has 3 aromatic rings. The first-order chi connectivity index (χ1) is 12.9. The summed E-state index contributed by atoms with van der Waals surface area (Å²) in [5, 5.41) is 5.40. The number of carbonyl (C=O) groups is 1. The zero-order valence-electron chi connectivity index (χ0n) is 14.6. The number of rotatable bonds is 4. The second-order valence-corrected chi connectivity index (χ2v) is 7.11. The molecule has 4 nitrogen and oxygen atoms in total. The number of hydrazone groups is 1. The van der Waals surface area contributed by atoms with Gasteiger partial charge in [0.1, 0.15) is 0 Å². The Morgan fingerprint density at radius 3 is 2.48 bits per heavy atom. The Morgan fingerprint density at radius 1 is 1.04 bits per heavy atom. The molecule has 3 rings (SSSR count). The summed E-state index contributed by atoms with van der Waals surface area (Å²) >= 11 is 18.5. The summed E-state index contributed by atoms with van der Waals surface area (Å²) in [5.74, 6) is -0.372. The van der Waals surface area contributed by atoms with Crippen LogP contribution in [-0.4, -0.2) is 16.7 Å². The van der Waals surface area contributed by atoms with Crippen molar-refractivity contribution >= 4 is 46.9 Å². The lowest BCUT2D eigenvalue weighted by Gasteiger charge is -2.12. The summed E-state index contributed by atoms with van der Waals surface area (Å²) in [6.45, 7) is 3.91. The highest BCUT2D eigenvalue weighted by Crippen LogP contribution is 2.31. The Hall–Kier alpha value is -2.27. The van der Waals surface area contributed by atoms with Crippen molar-refractivity contribution in [2.45, 2.75) is 13.8 Å². The fourth-order valence-electron chi connectivity index (χ4n) is 2.82. The molecule has 1 heterocycles. The minimum absolute atomic E-state index is 0.368. The zero-order valence-corrected chi connectivity index (χ0v) is 16.9.